The molecule has 0 bridgehead atoms. The monoisotopic (exact) mass is 280 g/mol. The molecule has 0 radical (unpaired) electrons. The molecule has 1 aromatic carbocycles. The van der Waals surface area contributed by atoms with Crippen molar-refractivity contribution in [1.29, 1.82) is 0 Å². The van der Waals surface area contributed by atoms with Gasteiger partial charge in [0.25, 0.3) is 5.69 Å². The number of rotatable bonds is 6. The average molecular weight is 280 g/mol. The molecule has 0 spiro atoms. The summed E-state index contributed by atoms with van der Waals surface area (Å²) < 4.78 is 0. The number of hydrogen-bond acceptors (Lipinski definition) is 5. The summed E-state index contributed by atoms with van der Waals surface area (Å²) >= 11 is 0. The molecule has 0 aliphatic heterocycles. The Morgan fingerprint density at radius 1 is 1.35 bits per heavy atom. The Bertz CT molecular complexity index is 537. The number of hydrogen-bond donors (Lipinski definition) is 3. The molecule has 1 unspecified atom stereocenters. The molecule has 3 N–H and O–H groups in total. The molecule has 0 aliphatic carbocycles. The number of nitrogens with one attached hydrogen (secondary N) is 1. The van der Waals surface area contributed by atoms with E-state index < -0.39 is 29.4 Å². The third kappa shape index (κ3) is 4.86. The largest absolute Gasteiger partial charge is 0.479 e. The lowest BCUT2D eigenvalue weighted by Gasteiger charge is -2.05. The maximum atomic E-state index is 11.3. The first kappa shape index (κ1) is 15.3. The molecule has 1 aromatic rings. The fourth-order valence-electron chi connectivity index (χ4n) is 1.22. The third-order valence-electron chi connectivity index (χ3n) is 2.29. The molecule has 8 nitrogen and oxygen atoms in total. The van der Waals surface area contributed by atoms with Gasteiger partial charge in [0, 0.05) is 18.2 Å². The number of non-ortho nitro benzene ring substituents is 1. The highest BCUT2D eigenvalue weighted by molar-refractivity contribution is 5.92. The zero-order valence-corrected chi connectivity index (χ0v) is 10.2. The number of carbonyl (C=O) groups excluding carboxylic acids is 1. The van der Waals surface area contributed by atoms with Crippen LogP contribution in [0.2, 0.25) is 0 Å². The Kier molecular flexibility index (Phi) is 5.36. The SMILES string of the molecule is O=C(C=Cc1ccc([N+](=O)[O-])cc1)NCC(O)C(=O)O. The maximum absolute atomic E-state index is 11.3. The normalized spacial score (nSPS) is 12.1. The molecule has 0 aromatic heterocycles. The van der Waals surface area contributed by atoms with E-state index in [0.29, 0.717) is 5.56 Å². The smallest absolute Gasteiger partial charge is 0.334 e. The molecule has 1 rings (SSSR count). The highest BCUT2D eigenvalue weighted by Crippen LogP contribution is 2.12. The Morgan fingerprint density at radius 2 is 1.95 bits per heavy atom. The summed E-state index contributed by atoms with van der Waals surface area (Å²) in [7, 11) is 0. The number of nitro benzene ring substituents is 1. The minimum Gasteiger partial charge on any atom is -0.479 e. The first-order valence-electron chi connectivity index (χ1n) is 5.51. The van der Waals surface area contributed by atoms with Crippen LogP contribution in [0.3, 0.4) is 0 Å². The third-order valence-corrected chi connectivity index (χ3v) is 2.29. The second-order valence-corrected chi connectivity index (χ2v) is 3.78. The van der Waals surface area contributed by atoms with E-state index in [2.05, 4.69) is 5.32 Å². The number of nitro groups is 1. The minimum absolute atomic E-state index is 0.0591. The van der Waals surface area contributed by atoms with Gasteiger partial charge in [-0.05, 0) is 23.8 Å². The zero-order chi connectivity index (χ0) is 15.1. The number of benzene rings is 1. The van der Waals surface area contributed by atoms with Gasteiger partial charge in [-0.3, -0.25) is 14.9 Å². The van der Waals surface area contributed by atoms with Gasteiger partial charge in [-0.25, -0.2) is 4.79 Å². The van der Waals surface area contributed by atoms with Crippen molar-refractivity contribution in [3.05, 3.63) is 46.0 Å². The van der Waals surface area contributed by atoms with E-state index in [4.69, 9.17) is 10.2 Å². The van der Waals surface area contributed by atoms with E-state index in [1.165, 1.54) is 30.3 Å². The summed E-state index contributed by atoms with van der Waals surface area (Å²) in [6.07, 6.45) is 0.883. The van der Waals surface area contributed by atoms with Crippen molar-refractivity contribution in [3.8, 4) is 0 Å². The Balaban J connectivity index is 2.53. The average Bonchev–Trinajstić information content (AvgIpc) is 2.42. The highest BCUT2D eigenvalue weighted by Gasteiger charge is 2.12. The Labute approximate surface area is 113 Å². The first-order valence-corrected chi connectivity index (χ1v) is 5.51. The molecule has 20 heavy (non-hydrogen) atoms. The summed E-state index contributed by atoms with van der Waals surface area (Å²) in [5.41, 5.74) is 0.515. The molecular weight excluding hydrogens is 268 g/mol. The fourth-order valence-corrected chi connectivity index (χ4v) is 1.22. The van der Waals surface area contributed by atoms with Crippen LogP contribution in [0.4, 0.5) is 5.69 Å². The number of carboxylic acids is 1. The lowest BCUT2D eigenvalue weighted by atomic mass is 10.2. The van der Waals surface area contributed by atoms with E-state index in [1.807, 2.05) is 0 Å². The van der Waals surface area contributed by atoms with Crippen LogP contribution in [-0.4, -0.2) is 39.7 Å². The lowest BCUT2D eigenvalue weighted by molar-refractivity contribution is -0.384. The van der Waals surface area contributed by atoms with E-state index in [9.17, 15) is 19.7 Å². The van der Waals surface area contributed by atoms with Gasteiger partial charge in [-0.1, -0.05) is 0 Å². The van der Waals surface area contributed by atoms with E-state index >= 15 is 0 Å². The van der Waals surface area contributed by atoms with Gasteiger partial charge in [0.15, 0.2) is 6.10 Å². The molecule has 0 saturated heterocycles. The molecule has 0 heterocycles. The van der Waals surface area contributed by atoms with Crippen LogP contribution >= 0.6 is 0 Å². The number of aliphatic carboxylic acids is 1. The highest BCUT2D eigenvalue weighted by atomic mass is 16.6. The number of aliphatic hydroxyl groups is 1. The molecule has 8 heteroatoms. The van der Waals surface area contributed by atoms with Crippen LogP contribution < -0.4 is 5.32 Å². The molecule has 0 fully saturated rings. The van der Waals surface area contributed by atoms with Gasteiger partial charge < -0.3 is 15.5 Å². The van der Waals surface area contributed by atoms with E-state index in [-0.39, 0.29) is 5.69 Å². The number of carboxylic acid groups (broad SMARTS) is 1. The van der Waals surface area contributed by atoms with Crippen LogP contribution in [0.15, 0.2) is 30.3 Å². The molecular formula is C12H12N2O6. The zero-order valence-electron chi connectivity index (χ0n) is 10.2. The van der Waals surface area contributed by atoms with Crippen molar-refractivity contribution >= 4 is 23.6 Å². The van der Waals surface area contributed by atoms with Gasteiger partial charge in [-0.15, -0.1) is 0 Å². The molecule has 1 amide bonds. The van der Waals surface area contributed by atoms with Gasteiger partial charge in [0.2, 0.25) is 5.91 Å². The Morgan fingerprint density at radius 3 is 2.45 bits per heavy atom. The molecule has 0 saturated carbocycles. The van der Waals surface area contributed by atoms with Crippen LogP contribution in [-0.2, 0) is 9.59 Å². The number of amides is 1. The van der Waals surface area contributed by atoms with E-state index in [1.54, 1.807) is 0 Å². The number of carbonyl (C=O) groups is 2. The van der Waals surface area contributed by atoms with Crippen molar-refractivity contribution in [3.63, 3.8) is 0 Å². The van der Waals surface area contributed by atoms with Gasteiger partial charge in [0.1, 0.15) is 0 Å². The second-order valence-electron chi connectivity index (χ2n) is 3.78. The fraction of sp³-hybridized carbons (Fsp3) is 0.167. The van der Waals surface area contributed by atoms with Gasteiger partial charge in [-0.2, -0.15) is 0 Å². The van der Waals surface area contributed by atoms with Crippen LogP contribution in [0, 0.1) is 10.1 Å². The standard InChI is InChI=1S/C12H12N2O6/c15-10(12(17)18)7-13-11(16)6-3-8-1-4-9(5-2-8)14(19)20/h1-6,10,15H,7H2,(H,13,16)(H,17,18). The Hall–Kier alpha value is -2.74. The maximum Gasteiger partial charge on any atom is 0.334 e. The summed E-state index contributed by atoms with van der Waals surface area (Å²) in [6.45, 7) is -0.404. The summed E-state index contributed by atoms with van der Waals surface area (Å²) in [5, 5.41) is 30.0. The predicted molar refractivity (Wildman–Crippen MR) is 68.8 cm³/mol. The number of aliphatic hydroxyl groups excluding tert-OH is 1. The molecule has 1 atom stereocenters. The van der Waals surface area contributed by atoms with Crippen molar-refractivity contribution < 1.29 is 24.7 Å². The van der Waals surface area contributed by atoms with Gasteiger partial charge >= 0.3 is 5.97 Å². The van der Waals surface area contributed by atoms with Crippen LogP contribution in [0.1, 0.15) is 5.56 Å². The second kappa shape index (κ2) is 7.00. The lowest BCUT2D eigenvalue weighted by Crippen LogP contribution is -2.35. The van der Waals surface area contributed by atoms with Crippen LogP contribution in [0.25, 0.3) is 6.08 Å². The predicted octanol–water partition coefficient (Wildman–Crippen LogP) is 0.170. The van der Waals surface area contributed by atoms with Crippen molar-refractivity contribution in [1.82, 2.24) is 5.32 Å². The van der Waals surface area contributed by atoms with E-state index in [0.717, 1.165) is 6.08 Å². The topological polar surface area (TPSA) is 130 Å². The molecule has 0 aliphatic rings. The van der Waals surface area contributed by atoms with Crippen LogP contribution in [0.5, 0.6) is 0 Å². The molecule has 106 valence electrons. The summed E-state index contributed by atoms with van der Waals surface area (Å²) in [6, 6.07) is 5.53. The van der Waals surface area contributed by atoms with Crippen molar-refractivity contribution in [2.24, 2.45) is 0 Å². The first-order chi connectivity index (χ1) is 9.40. The number of nitrogens with zero attached hydrogens (tertiary/aromatic N) is 1. The van der Waals surface area contributed by atoms with Crippen molar-refractivity contribution in [2.45, 2.75) is 6.10 Å². The quantitative estimate of drug-likeness (QED) is 0.387. The van der Waals surface area contributed by atoms with Gasteiger partial charge in [0.05, 0.1) is 11.5 Å². The minimum atomic E-state index is -1.66. The van der Waals surface area contributed by atoms with Crippen molar-refractivity contribution in [2.75, 3.05) is 6.54 Å². The summed E-state index contributed by atoms with van der Waals surface area (Å²) in [4.78, 5) is 31.5. The summed E-state index contributed by atoms with van der Waals surface area (Å²) in [5.74, 6) is -2.01.